The molecule has 0 spiro atoms. The summed E-state index contributed by atoms with van der Waals surface area (Å²) < 4.78 is 115. The van der Waals surface area contributed by atoms with Crippen molar-refractivity contribution in [2.24, 2.45) is 0 Å². The Morgan fingerprint density at radius 1 is 0.938 bits per heavy atom. The second kappa shape index (κ2) is 11.3. The van der Waals surface area contributed by atoms with Gasteiger partial charge in [-0.1, -0.05) is 18.2 Å². The molecule has 4 aromatic carbocycles. The highest BCUT2D eigenvalue weighted by atomic mass is 31.1. The Kier molecular flexibility index (Phi) is 7.60. The van der Waals surface area contributed by atoms with Crippen LogP contribution in [0, 0.1) is 18.6 Å². The summed E-state index contributed by atoms with van der Waals surface area (Å²) in [6.07, 6.45) is -6.49. The van der Waals surface area contributed by atoms with Crippen LogP contribution in [-0.2, 0) is 16.6 Å². The summed E-state index contributed by atoms with van der Waals surface area (Å²) in [5.74, 6) is -1.73. The number of ether oxygens (including phenoxy) is 2. The fraction of sp³-hybridized carbons (Fsp3) is 0.257. The zero-order chi connectivity index (χ0) is 34.3. The van der Waals surface area contributed by atoms with Crippen molar-refractivity contribution in [1.29, 1.82) is 0 Å². The molecule has 0 radical (unpaired) electrons. The first kappa shape index (κ1) is 32.2. The molecule has 1 N–H and O–H groups in total. The maximum atomic E-state index is 15.7. The Labute approximate surface area is 271 Å². The molecule has 13 heteroatoms. The van der Waals surface area contributed by atoms with Gasteiger partial charge in [-0.3, -0.25) is 4.90 Å². The van der Waals surface area contributed by atoms with E-state index in [1.54, 1.807) is 6.92 Å². The van der Waals surface area contributed by atoms with Crippen LogP contribution < -0.4 is 4.74 Å². The molecule has 8 rings (SSSR count). The van der Waals surface area contributed by atoms with Crippen LogP contribution in [0.15, 0.2) is 66.7 Å². The predicted molar refractivity (Wildman–Crippen MR) is 164 cm³/mol. The normalized spacial score (nSPS) is 22.3. The molecule has 0 aromatic heterocycles. The highest BCUT2D eigenvalue weighted by Crippen LogP contribution is 2.52. The molecule has 0 aliphatic carbocycles. The van der Waals surface area contributed by atoms with Gasteiger partial charge in [0.1, 0.15) is 29.0 Å². The Morgan fingerprint density at radius 2 is 1.69 bits per heavy atom. The summed E-state index contributed by atoms with van der Waals surface area (Å²) in [5.41, 5.74) is -4.97. The lowest BCUT2D eigenvalue weighted by Crippen LogP contribution is -2.31. The Morgan fingerprint density at radius 3 is 2.40 bits per heavy atom. The number of hydrogen-bond donors (Lipinski definition) is 1. The number of carbonyl (C=O) groups excluding carboxylic acids is 1. The maximum absolute atomic E-state index is 15.7. The van der Waals surface area contributed by atoms with Crippen molar-refractivity contribution in [2.75, 3.05) is 7.11 Å². The molecule has 4 aliphatic rings. The van der Waals surface area contributed by atoms with Gasteiger partial charge in [0.15, 0.2) is 0 Å². The smallest absolute Gasteiger partial charge is 0.416 e. The van der Waals surface area contributed by atoms with E-state index in [1.807, 2.05) is 0 Å². The quantitative estimate of drug-likeness (QED) is 0.160. The molecule has 0 unspecified atom stereocenters. The molecule has 248 valence electrons. The van der Waals surface area contributed by atoms with Gasteiger partial charge >= 0.3 is 17.9 Å². The molecule has 2 saturated heterocycles. The number of rotatable bonds is 1. The molecule has 3 atom stereocenters. The minimum Gasteiger partial charge on any atom is -0.496 e. The number of aryl methyl sites for hydroxylation is 1. The minimum absolute atomic E-state index is 0.0176. The van der Waals surface area contributed by atoms with Gasteiger partial charge in [-0.2, -0.15) is 22.0 Å². The number of methoxy groups -OCH3 is 1. The van der Waals surface area contributed by atoms with Gasteiger partial charge in [0.25, 0.3) is 0 Å². The van der Waals surface area contributed by atoms with E-state index >= 15 is 13.2 Å². The van der Waals surface area contributed by atoms with Crippen molar-refractivity contribution in [3.05, 3.63) is 112 Å². The van der Waals surface area contributed by atoms with Crippen molar-refractivity contribution < 1.29 is 50.1 Å². The molecule has 4 heterocycles. The monoisotopic (exact) mass is 687 g/mol. The fourth-order valence-electron chi connectivity index (χ4n) is 6.96. The summed E-state index contributed by atoms with van der Waals surface area (Å²) >= 11 is 0. The Balaban J connectivity index is 1.52. The number of aliphatic hydroxyl groups is 1. The molecule has 0 saturated carbocycles. The van der Waals surface area contributed by atoms with E-state index in [4.69, 9.17) is 9.47 Å². The summed E-state index contributed by atoms with van der Waals surface area (Å²) in [7, 11) is 0.428. The number of aliphatic hydroxyl groups excluding tert-OH is 1. The Bertz CT molecular complexity index is 2030. The van der Waals surface area contributed by atoms with Crippen molar-refractivity contribution in [2.45, 2.75) is 49.8 Å². The lowest BCUT2D eigenvalue weighted by Gasteiger charge is -2.26. The number of carbonyl (C=O) groups is 1. The molecule has 10 bridgehead atoms. The molecule has 5 nitrogen and oxygen atoms in total. The first-order chi connectivity index (χ1) is 22.7. The number of benzene rings is 4. The second-order valence-corrected chi connectivity index (χ2v) is 13.2. The second-order valence-electron chi connectivity index (χ2n) is 12.0. The molecular weight excluding hydrogens is 662 g/mol. The van der Waals surface area contributed by atoms with E-state index in [9.17, 15) is 27.5 Å². The Hall–Kier alpha value is -4.41. The topological polar surface area (TPSA) is 59.0 Å². The molecule has 2 fully saturated rings. The average Bonchev–Trinajstić information content (AvgIpc) is 3.60. The largest absolute Gasteiger partial charge is 0.496 e. The molecule has 4 aromatic rings. The van der Waals surface area contributed by atoms with Gasteiger partial charge in [0.05, 0.1) is 24.8 Å². The molecule has 48 heavy (non-hydrogen) atoms. The van der Waals surface area contributed by atoms with Crippen LogP contribution in [0.1, 0.15) is 58.4 Å². The molecular formula is C35H25F7NO4P. The summed E-state index contributed by atoms with van der Waals surface area (Å²) in [6, 6.07) is 10.6. The van der Waals surface area contributed by atoms with E-state index in [1.165, 1.54) is 42.3 Å². The van der Waals surface area contributed by atoms with Gasteiger partial charge < -0.3 is 14.6 Å². The average molecular weight is 688 g/mol. The molecule has 4 aliphatic heterocycles. The van der Waals surface area contributed by atoms with Crippen LogP contribution in [0.2, 0.25) is 0 Å². The lowest BCUT2D eigenvalue weighted by molar-refractivity contribution is -0.137. The number of amides is 1. The summed E-state index contributed by atoms with van der Waals surface area (Å²) in [6.45, 7) is 1.59. The van der Waals surface area contributed by atoms with E-state index in [-0.39, 0.29) is 52.0 Å². The minimum atomic E-state index is -4.74. The lowest BCUT2D eigenvalue weighted by atomic mass is 9.88. The van der Waals surface area contributed by atoms with E-state index in [0.29, 0.717) is 17.2 Å². The van der Waals surface area contributed by atoms with Crippen LogP contribution in [-0.4, -0.2) is 34.7 Å². The molecule has 1 amide bonds. The van der Waals surface area contributed by atoms with Gasteiger partial charge in [-0.05, 0) is 90.0 Å². The third kappa shape index (κ3) is 5.31. The number of fused-ring (bicyclic) bond motifs is 3. The van der Waals surface area contributed by atoms with E-state index in [2.05, 4.69) is 0 Å². The third-order valence-corrected chi connectivity index (χ3v) is 10.2. The highest BCUT2D eigenvalue weighted by Gasteiger charge is 2.51. The predicted octanol–water partition coefficient (Wildman–Crippen LogP) is 9.89. The maximum Gasteiger partial charge on any atom is 0.416 e. The van der Waals surface area contributed by atoms with Crippen LogP contribution in [0.25, 0.3) is 22.3 Å². The first-order valence-electron chi connectivity index (χ1n) is 14.8. The van der Waals surface area contributed by atoms with Crippen LogP contribution in [0.4, 0.5) is 35.5 Å². The van der Waals surface area contributed by atoms with Crippen molar-refractivity contribution >= 4 is 19.8 Å². The van der Waals surface area contributed by atoms with Crippen LogP contribution >= 0.6 is 8.20 Å². The van der Waals surface area contributed by atoms with Crippen LogP contribution in [0.3, 0.4) is 0 Å². The number of hydrogen-bond acceptors (Lipinski definition) is 3. The van der Waals surface area contributed by atoms with Gasteiger partial charge in [-0.25, -0.2) is 13.6 Å². The van der Waals surface area contributed by atoms with E-state index < -0.39 is 72.6 Å². The number of alkyl halides is 5. The van der Waals surface area contributed by atoms with Crippen molar-refractivity contribution in [3.63, 3.8) is 0 Å². The van der Waals surface area contributed by atoms with Crippen molar-refractivity contribution in [1.82, 2.24) is 4.90 Å². The van der Waals surface area contributed by atoms with Gasteiger partial charge in [0, 0.05) is 36.5 Å². The SMILES string of the molecule is COc1cc(F)c2cc1-c1ccc(C(F)(F)F)cc1[C@@H]1CC[C@H]3[C@H](OC(=O)N13)c1cc(F)cc(c1)C(F)(F)/P=C(/O)c1ccc-2c(C)c1. The third-order valence-electron chi connectivity index (χ3n) is 9.15. The summed E-state index contributed by atoms with van der Waals surface area (Å²) in [5, 5.41) is 10.8. The fourth-order valence-corrected chi connectivity index (χ4v) is 7.75. The van der Waals surface area contributed by atoms with Crippen LogP contribution in [0.5, 0.6) is 5.75 Å². The highest BCUT2D eigenvalue weighted by molar-refractivity contribution is 7.41. The van der Waals surface area contributed by atoms with Crippen molar-refractivity contribution in [3.8, 4) is 28.0 Å². The summed E-state index contributed by atoms with van der Waals surface area (Å²) in [4.78, 5) is 14.7. The standard InChI is InChI=1S/C35H25F7NO4P/c1-16-9-17-3-5-22(16)24-14-26(30(46-2)15-27(24)37)23-6-4-19(34(38,39)40)13-25(23)28-7-8-29-31(47-33(45)43(28)29)18-10-20(12-21(36)11-18)35(41,42)48-32(17)44/h3-6,9-15,28-29,31,44H,7-8H2,1-2H3/t28-,29-,31+/m0/s1. The number of halogens is 7. The van der Waals surface area contributed by atoms with Gasteiger partial charge in [0.2, 0.25) is 0 Å². The zero-order valence-corrected chi connectivity index (χ0v) is 26.1. The number of nitrogens with zero attached hydrogens (tertiary/aromatic N) is 1. The first-order valence-corrected chi connectivity index (χ1v) is 15.7. The van der Waals surface area contributed by atoms with Gasteiger partial charge in [-0.15, -0.1) is 0 Å². The zero-order valence-electron chi connectivity index (χ0n) is 25.2. The van der Waals surface area contributed by atoms with E-state index in [0.717, 1.165) is 30.3 Å².